The van der Waals surface area contributed by atoms with Crippen molar-refractivity contribution < 1.29 is 14.0 Å². The molecule has 0 atom stereocenters. The number of hydrogen-bond acceptors (Lipinski definition) is 2. The topological polar surface area (TPSA) is 60.3 Å². The maximum Gasteiger partial charge on any atom is 0.262 e. The molecule has 0 aliphatic carbocycles. The third kappa shape index (κ3) is 7.24. The van der Waals surface area contributed by atoms with Crippen LogP contribution in [0.3, 0.4) is 0 Å². The van der Waals surface area contributed by atoms with Gasteiger partial charge in [-0.3, -0.25) is 14.0 Å². The Kier molecular flexibility index (Phi) is 6.86. The number of rotatable bonds is 5. The molecule has 0 aliphatic heterocycles. The number of nitrogens with zero attached hydrogens (tertiary/aromatic N) is 1. The van der Waals surface area contributed by atoms with Gasteiger partial charge in [-0.2, -0.15) is 0 Å². The van der Waals surface area contributed by atoms with Crippen LogP contribution in [-0.4, -0.2) is 18.5 Å². The summed E-state index contributed by atoms with van der Waals surface area (Å²) in [6.07, 6.45) is 1.34. The molecule has 13 heavy (non-hydrogen) atoms. The maximum atomic E-state index is 11.6. The zero-order chi connectivity index (χ0) is 10.1. The number of amides is 2. The highest BCUT2D eigenvalue weighted by Gasteiger charge is 2.03. The van der Waals surface area contributed by atoms with Gasteiger partial charge in [0.25, 0.3) is 5.91 Å². The number of alkyl halides is 1. The molecule has 1 radical (unpaired) electrons. The molecule has 0 unspecified atom stereocenters. The van der Waals surface area contributed by atoms with Gasteiger partial charge in [-0.1, -0.05) is 6.92 Å². The monoisotopic (exact) mass is 189 g/mol. The molecule has 5 heteroatoms. The van der Waals surface area contributed by atoms with Crippen molar-refractivity contribution in [3.05, 3.63) is 0 Å². The van der Waals surface area contributed by atoms with Crippen molar-refractivity contribution >= 4 is 11.8 Å². The average molecular weight is 189 g/mol. The summed E-state index contributed by atoms with van der Waals surface area (Å²) < 4.78 is 11.6. The fourth-order valence-corrected chi connectivity index (χ4v) is 0.640. The van der Waals surface area contributed by atoms with E-state index in [2.05, 4.69) is 10.9 Å². The van der Waals surface area contributed by atoms with Gasteiger partial charge in [0, 0.05) is 12.8 Å². The van der Waals surface area contributed by atoms with Crippen LogP contribution in [0.5, 0.6) is 0 Å². The third-order valence-corrected chi connectivity index (χ3v) is 1.40. The van der Waals surface area contributed by atoms with Gasteiger partial charge in [-0.05, 0) is 12.8 Å². The van der Waals surface area contributed by atoms with E-state index in [4.69, 9.17) is 0 Å². The van der Waals surface area contributed by atoms with E-state index in [0.29, 0.717) is 12.8 Å². The molecule has 0 aromatic heterocycles. The highest BCUT2D eigenvalue weighted by Crippen LogP contribution is 1.94. The number of hydrogen-bond donors (Lipinski definition) is 1. The normalized spacial score (nSPS) is 9.38. The largest absolute Gasteiger partial charge is 0.273 e. The van der Waals surface area contributed by atoms with E-state index in [-0.39, 0.29) is 24.7 Å². The fourth-order valence-electron chi connectivity index (χ4n) is 0.640. The van der Waals surface area contributed by atoms with Crippen LogP contribution in [0.2, 0.25) is 0 Å². The summed E-state index contributed by atoms with van der Waals surface area (Å²) in [7, 11) is 0. The quantitative estimate of drug-likeness (QED) is 0.511. The van der Waals surface area contributed by atoms with Crippen LogP contribution < -0.4 is 10.9 Å². The van der Waals surface area contributed by atoms with Crippen molar-refractivity contribution in [1.82, 2.24) is 10.9 Å². The van der Waals surface area contributed by atoms with Gasteiger partial charge in [0.1, 0.15) is 0 Å². The first-order valence-corrected chi connectivity index (χ1v) is 4.29. The number of carbonyl (C=O) groups excluding carboxylic acids is 2. The molecule has 0 bridgehead atoms. The van der Waals surface area contributed by atoms with E-state index >= 15 is 0 Å². The SMILES string of the molecule is CCC(=O)[N]NC(=O)CCCCF. The Hall–Kier alpha value is -1.13. The molecule has 0 saturated carbocycles. The summed E-state index contributed by atoms with van der Waals surface area (Å²) in [5.74, 6) is -0.700. The van der Waals surface area contributed by atoms with Gasteiger partial charge in [-0.15, -0.1) is 5.43 Å². The van der Waals surface area contributed by atoms with Crippen LogP contribution in [0.1, 0.15) is 32.6 Å². The Morgan fingerprint density at radius 1 is 1.38 bits per heavy atom. The molecule has 75 valence electrons. The van der Waals surface area contributed by atoms with Crippen molar-refractivity contribution in [2.45, 2.75) is 32.6 Å². The Bertz CT molecular complexity index is 174. The van der Waals surface area contributed by atoms with Crippen molar-refractivity contribution in [3.8, 4) is 0 Å². The molecule has 4 nitrogen and oxygen atoms in total. The third-order valence-electron chi connectivity index (χ3n) is 1.40. The van der Waals surface area contributed by atoms with E-state index < -0.39 is 6.67 Å². The molecular formula is C8H14FN2O2. The first-order chi connectivity index (χ1) is 6.20. The molecule has 0 saturated heterocycles. The molecule has 0 fully saturated rings. The minimum absolute atomic E-state index is 0.213. The highest BCUT2D eigenvalue weighted by atomic mass is 19.1. The molecule has 1 N–H and O–H groups in total. The van der Waals surface area contributed by atoms with Gasteiger partial charge in [0.05, 0.1) is 6.67 Å². The average Bonchev–Trinajstić information content (AvgIpc) is 2.14. The van der Waals surface area contributed by atoms with Crippen LogP contribution in [0, 0.1) is 0 Å². The molecule has 0 aliphatic rings. The molecular weight excluding hydrogens is 175 g/mol. The van der Waals surface area contributed by atoms with Crippen LogP contribution in [-0.2, 0) is 9.59 Å². The Labute approximate surface area is 76.9 Å². The minimum atomic E-state index is -0.418. The predicted molar refractivity (Wildman–Crippen MR) is 45.4 cm³/mol. The second-order valence-corrected chi connectivity index (χ2v) is 2.54. The summed E-state index contributed by atoms with van der Waals surface area (Å²) in [4.78, 5) is 21.5. The van der Waals surface area contributed by atoms with Gasteiger partial charge in [0.2, 0.25) is 5.91 Å². The zero-order valence-corrected chi connectivity index (χ0v) is 7.68. The van der Waals surface area contributed by atoms with Gasteiger partial charge >= 0.3 is 0 Å². The van der Waals surface area contributed by atoms with Gasteiger partial charge < -0.3 is 0 Å². The Morgan fingerprint density at radius 3 is 2.62 bits per heavy atom. The lowest BCUT2D eigenvalue weighted by molar-refractivity contribution is -0.129. The molecule has 0 heterocycles. The first kappa shape index (κ1) is 11.9. The lowest BCUT2D eigenvalue weighted by Crippen LogP contribution is -2.34. The summed E-state index contributed by atoms with van der Waals surface area (Å²) in [5, 5.41) is 0. The van der Waals surface area contributed by atoms with Crippen molar-refractivity contribution in [2.24, 2.45) is 0 Å². The number of nitrogens with one attached hydrogen (secondary N) is 1. The van der Waals surface area contributed by atoms with Crippen LogP contribution in [0.25, 0.3) is 0 Å². The second-order valence-electron chi connectivity index (χ2n) is 2.54. The summed E-state index contributed by atoms with van der Waals surface area (Å²) in [6, 6.07) is 0. The lowest BCUT2D eigenvalue weighted by atomic mass is 10.2. The van der Waals surface area contributed by atoms with Crippen molar-refractivity contribution in [3.63, 3.8) is 0 Å². The number of halogens is 1. The lowest BCUT2D eigenvalue weighted by Gasteiger charge is -2.01. The van der Waals surface area contributed by atoms with Crippen molar-refractivity contribution in [1.29, 1.82) is 0 Å². The smallest absolute Gasteiger partial charge is 0.262 e. The van der Waals surface area contributed by atoms with E-state index in [9.17, 15) is 14.0 Å². The standard InChI is InChI=1S/C8H14FN2O2/c1-2-7(12)10-11-8(13)5-3-4-6-9/h2-6H2,1H3,(H,11,13). The molecule has 0 aromatic carbocycles. The highest BCUT2D eigenvalue weighted by molar-refractivity contribution is 5.81. The molecule has 0 rings (SSSR count). The van der Waals surface area contributed by atoms with Crippen LogP contribution in [0.15, 0.2) is 0 Å². The Balaban J connectivity index is 3.35. The maximum absolute atomic E-state index is 11.6. The molecule has 0 spiro atoms. The molecule has 2 amide bonds. The van der Waals surface area contributed by atoms with Gasteiger partial charge in [-0.25, -0.2) is 5.43 Å². The number of unbranched alkanes of at least 4 members (excludes halogenated alkanes) is 1. The van der Waals surface area contributed by atoms with Gasteiger partial charge in [0.15, 0.2) is 0 Å². The summed E-state index contributed by atoms with van der Waals surface area (Å²) >= 11 is 0. The van der Waals surface area contributed by atoms with E-state index in [1.807, 2.05) is 0 Å². The summed E-state index contributed by atoms with van der Waals surface area (Å²) in [5.41, 5.74) is 5.40. The first-order valence-electron chi connectivity index (χ1n) is 4.29. The van der Waals surface area contributed by atoms with Crippen LogP contribution in [0.4, 0.5) is 4.39 Å². The van der Waals surface area contributed by atoms with E-state index in [1.165, 1.54) is 0 Å². The Morgan fingerprint density at radius 2 is 2.08 bits per heavy atom. The minimum Gasteiger partial charge on any atom is -0.273 e. The van der Waals surface area contributed by atoms with E-state index in [0.717, 1.165) is 0 Å². The number of carbonyl (C=O) groups is 2. The zero-order valence-electron chi connectivity index (χ0n) is 7.68. The summed E-state index contributed by atoms with van der Waals surface area (Å²) in [6.45, 7) is 1.24. The van der Waals surface area contributed by atoms with E-state index in [1.54, 1.807) is 6.92 Å². The second kappa shape index (κ2) is 7.52. The molecule has 0 aromatic rings. The fraction of sp³-hybridized carbons (Fsp3) is 0.750. The van der Waals surface area contributed by atoms with Crippen LogP contribution >= 0.6 is 0 Å². The van der Waals surface area contributed by atoms with Crippen molar-refractivity contribution in [2.75, 3.05) is 6.67 Å². The predicted octanol–water partition coefficient (Wildman–Crippen LogP) is 0.698.